The third-order valence-electron chi connectivity index (χ3n) is 4.30. The molecule has 3 rings (SSSR count). The molecule has 3 heteroatoms. The van der Waals surface area contributed by atoms with Gasteiger partial charge in [-0.25, -0.2) is 0 Å². The van der Waals surface area contributed by atoms with E-state index in [1.807, 2.05) is 0 Å². The van der Waals surface area contributed by atoms with Crippen LogP contribution in [0.5, 0.6) is 0 Å². The summed E-state index contributed by atoms with van der Waals surface area (Å²) in [6, 6.07) is 11.4. The van der Waals surface area contributed by atoms with Crippen LogP contribution in [0.25, 0.3) is 0 Å². The second-order valence-electron chi connectivity index (χ2n) is 5.59. The lowest BCUT2D eigenvalue weighted by atomic mass is 10.0. The zero-order valence-electron chi connectivity index (χ0n) is 11.6. The molecule has 1 N–H and O–H groups in total. The summed E-state index contributed by atoms with van der Waals surface area (Å²) in [5.41, 5.74) is 1.43. The van der Waals surface area contributed by atoms with Crippen molar-refractivity contribution in [1.82, 2.24) is 10.2 Å². The van der Waals surface area contributed by atoms with Gasteiger partial charge < -0.3 is 10.1 Å². The standard InChI is InChI=1S/C16H24N2O/c1-2-5-14(6-3-1)16-13-17-9-11-18(16)10-8-15-7-4-12-19-15/h1-3,5-6,15-17H,4,7-13H2. The van der Waals surface area contributed by atoms with Gasteiger partial charge in [0, 0.05) is 38.8 Å². The van der Waals surface area contributed by atoms with Crippen molar-refractivity contribution in [3.05, 3.63) is 35.9 Å². The smallest absolute Gasteiger partial charge is 0.0588 e. The van der Waals surface area contributed by atoms with Gasteiger partial charge in [0.15, 0.2) is 0 Å². The van der Waals surface area contributed by atoms with Crippen LogP contribution in [0.1, 0.15) is 30.9 Å². The average molecular weight is 260 g/mol. The molecule has 0 radical (unpaired) electrons. The Kier molecular flexibility index (Phi) is 4.49. The molecular weight excluding hydrogens is 236 g/mol. The zero-order valence-corrected chi connectivity index (χ0v) is 11.6. The van der Waals surface area contributed by atoms with Crippen LogP contribution in [-0.2, 0) is 4.74 Å². The highest BCUT2D eigenvalue weighted by atomic mass is 16.5. The summed E-state index contributed by atoms with van der Waals surface area (Å²) in [5, 5.41) is 3.52. The molecule has 2 saturated heterocycles. The van der Waals surface area contributed by atoms with Gasteiger partial charge in [0.05, 0.1) is 6.10 Å². The Morgan fingerprint density at radius 3 is 2.95 bits per heavy atom. The fourth-order valence-electron chi connectivity index (χ4n) is 3.20. The van der Waals surface area contributed by atoms with E-state index < -0.39 is 0 Å². The average Bonchev–Trinajstić information content (AvgIpc) is 3.00. The number of benzene rings is 1. The molecule has 2 unspecified atom stereocenters. The largest absolute Gasteiger partial charge is 0.378 e. The molecule has 0 amide bonds. The fourth-order valence-corrected chi connectivity index (χ4v) is 3.20. The molecule has 2 fully saturated rings. The maximum absolute atomic E-state index is 5.74. The number of hydrogen-bond donors (Lipinski definition) is 1. The molecule has 1 aromatic rings. The minimum absolute atomic E-state index is 0.506. The predicted molar refractivity (Wildman–Crippen MR) is 77.2 cm³/mol. The summed E-state index contributed by atoms with van der Waals surface area (Å²) >= 11 is 0. The predicted octanol–water partition coefficient (Wildman–Crippen LogP) is 2.20. The molecule has 2 aliphatic rings. The molecule has 0 bridgehead atoms. The number of nitrogens with one attached hydrogen (secondary N) is 1. The lowest BCUT2D eigenvalue weighted by Gasteiger charge is -2.37. The van der Waals surface area contributed by atoms with Crippen molar-refractivity contribution >= 4 is 0 Å². The van der Waals surface area contributed by atoms with Crippen molar-refractivity contribution < 1.29 is 4.74 Å². The molecule has 3 nitrogen and oxygen atoms in total. The number of nitrogens with zero attached hydrogens (tertiary/aromatic N) is 1. The second kappa shape index (κ2) is 6.51. The monoisotopic (exact) mass is 260 g/mol. The first-order valence-electron chi connectivity index (χ1n) is 7.55. The number of hydrogen-bond acceptors (Lipinski definition) is 3. The Labute approximate surface area is 115 Å². The quantitative estimate of drug-likeness (QED) is 0.898. The van der Waals surface area contributed by atoms with Gasteiger partial charge in [0.1, 0.15) is 0 Å². The van der Waals surface area contributed by atoms with Crippen LogP contribution in [0, 0.1) is 0 Å². The maximum Gasteiger partial charge on any atom is 0.0588 e. The highest BCUT2D eigenvalue weighted by molar-refractivity contribution is 5.20. The minimum atomic E-state index is 0.506. The second-order valence-corrected chi connectivity index (χ2v) is 5.59. The van der Waals surface area contributed by atoms with E-state index in [9.17, 15) is 0 Å². The molecule has 2 aliphatic heterocycles. The van der Waals surface area contributed by atoms with Gasteiger partial charge in [0.25, 0.3) is 0 Å². The highest BCUT2D eigenvalue weighted by Crippen LogP contribution is 2.24. The molecule has 0 saturated carbocycles. The summed E-state index contributed by atoms with van der Waals surface area (Å²) < 4.78 is 5.74. The van der Waals surface area contributed by atoms with E-state index >= 15 is 0 Å². The number of piperazine rings is 1. The van der Waals surface area contributed by atoms with Crippen molar-refractivity contribution in [3.8, 4) is 0 Å². The molecular formula is C16H24N2O. The molecule has 0 aromatic heterocycles. The summed E-state index contributed by atoms with van der Waals surface area (Å²) in [6.07, 6.45) is 4.19. The van der Waals surface area contributed by atoms with Crippen LogP contribution >= 0.6 is 0 Å². The normalized spacial score (nSPS) is 28.6. The zero-order chi connectivity index (χ0) is 12.9. The maximum atomic E-state index is 5.74. The van der Waals surface area contributed by atoms with Crippen molar-refractivity contribution in [1.29, 1.82) is 0 Å². The summed E-state index contributed by atoms with van der Waals surface area (Å²) in [6.45, 7) is 5.44. The first-order chi connectivity index (χ1) is 9.43. The minimum Gasteiger partial charge on any atom is -0.378 e. The molecule has 2 atom stereocenters. The van der Waals surface area contributed by atoms with Crippen molar-refractivity contribution in [2.45, 2.75) is 31.4 Å². The summed E-state index contributed by atoms with van der Waals surface area (Å²) in [5.74, 6) is 0. The summed E-state index contributed by atoms with van der Waals surface area (Å²) in [4.78, 5) is 2.62. The van der Waals surface area contributed by atoms with Crippen LogP contribution in [-0.4, -0.2) is 43.8 Å². The Morgan fingerprint density at radius 2 is 2.16 bits per heavy atom. The van der Waals surface area contributed by atoms with Crippen LogP contribution < -0.4 is 5.32 Å². The van der Waals surface area contributed by atoms with Gasteiger partial charge in [-0.3, -0.25) is 4.90 Å². The van der Waals surface area contributed by atoms with E-state index in [1.54, 1.807) is 0 Å². The van der Waals surface area contributed by atoms with Crippen molar-refractivity contribution in [3.63, 3.8) is 0 Å². The van der Waals surface area contributed by atoms with Gasteiger partial charge in [-0.05, 0) is 24.8 Å². The van der Waals surface area contributed by atoms with Gasteiger partial charge in [-0.1, -0.05) is 30.3 Å². The Bertz CT molecular complexity index is 376. The molecule has 19 heavy (non-hydrogen) atoms. The van der Waals surface area contributed by atoms with Crippen LogP contribution in [0.2, 0.25) is 0 Å². The lowest BCUT2D eigenvalue weighted by molar-refractivity contribution is 0.0784. The third-order valence-corrected chi connectivity index (χ3v) is 4.30. The van der Waals surface area contributed by atoms with E-state index in [4.69, 9.17) is 4.74 Å². The van der Waals surface area contributed by atoms with Crippen molar-refractivity contribution in [2.24, 2.45) is 0 Å². The topological polar surface area (TPSA) is 24.5 Å². The lowest BCUT2D eigenvalue weighted by Crippen LogP contribution is -2.46. The molecule has 0 aliphatic carbocycles. The molecule has 1 aromatic carbocycles. The van der Waals surface area contributed by atoms with Crippen LogP contribution in [0.4, 0.5) is 0 Å². The number of ether oxygens (including phenoxy) is 1. The number of rotatable bonds is 4. The SMILES string of the molecule is c1ccc(C2CNCCN2CCC2CCCO2)cc1. The van der Waals surface area contributed by atoms with Gasteiger partial charge in [-0.15, -0.1) is 0 Å². The Balaban J connectivity index is 1.60. The summed E-state index contributed by atoms with van der Waals surface area (Å²) in [7, 11) is 0. The molecule has 104 valence electrons. The van der Waals surface area contributed by atoms with Crippen LogP contribution in [0.3, 0.4) is 0 Å². The highest BCUT2D eigenvalue weighted by Gasteiger charge is 2.25. The fraction of sp³-hybridized carbons (Fsp3) is 0.625. The Morgan fingerprint density at radius 1 is 1.26 bits per heavy atom. The van der Waals surface area contributed by atoms with E-state index in [0.29, 0.717) is 12.1 Å². The van der Waals surface area contributed by atoms with E-state index in [-0.39, 0.29) is 0 Å². The van der Waals surface area contributed by atoms with E-state index in [1.165, 1.54) is 24.8 Å². The Hall–Kier alpha value is -0.900. The molecule has 2 heterocycles. The molecule has 0 spiro atoms. The first-order valence-corrected chi connectivity index (χ1v) is 7.55. The third kappa shape index (κ3) is 3.35. The van der Waals surface area contributed by atoms with Crippen LogP contribution in [0.15, 0.2) is 30.3 Å². The van der Waals surface area contributed by atoms with E-state index in [0.717, 1.165) is 32.8 Å². The van der Waals surface area contributed by atoms with Gasteiger partial charge >= 0.3 is 0 Å². The van der Waals surface area contributed by atoms with Crippen molar-refractivity contribution in [2.75, 3.05) is 32.8 Å². The van der Waals surface area contributed by atoms with Gasteiger partial charge in [-0.2, -0.15) is 0 Å². The van der Waals surface area contributed by atoms with Gasteiger partial charge in [0.2, 0.25) is 0 Å². The van der Waals surface area contributed by atoms with E-state index in [2.05, 4.69) is 40.5 Å². The first kappa shape index (κ1) is 13.1.